The number of benzene rings is 3. The zero-order valence-corrected chi connectivity index (χ0v) is 16.7. The smallest absolute Gasteiger partial charge is 0.101 e. The van der Waals surface area contributed by atoms with Gasteiger partial charge in [-0.15, -0.1) is 5.10 Å². The number of fused-ring (bicyclic) bond motifs is 3. The van der Waals surface area contributed by atoms with Gasteiger partial charge in [-0.1, -0.05) is 42.5 Å². The van der Waals surface area contributed by atoms with E-state index >= 15 is 0 Å². The Labute approximate surface area is 174 Å². The van der Waals surface area contributed by atoms with E-state index in [9.17, 15) is 0 Å². The molecule has 0 bridgehead atoms. The summed E-state index contributed by atoms with van der Waals surface area (Å²) in [5, 5.41) is 19.3. The van der Waals surface area contributed by atoms with E-state index in [1.165, 1.54) is 16.7 Å². The Bertz CT molecular complexity index is 1380. The van der Waals surface area contributed by atoms with Crippen LogP contribution in [0, 0.1) is 0 Å². The molecule has 30 heavy (non-hydrogen) atoms. The van der Waals surface area contributed by atoms with Crippen molar-refractivity contribution in [3.05, 3.63) is 89.7 Å². The first-order chi connectivity index (χ1) is 14.8. The Morgan fingerprint density at radius 2 is 1.90 bits per heavy atom. The van der Waals surface area contributed by atoms with Crippen LogP contribution in [-0.2, 0) is 6.54 Å². The standard InChI is InChI=1S/C25H21N5/c1-30-14-20-11-17(25-22-5-3-2-4-18(22)12-27-29-25)6-8-21(20)23(15-30)16-7-9-24-19(10-16)13-26-28-24/h2-13,23H,14-15H2,1H3,(H,26,28). The van der Waals surface area contributed by atoms with Gasteiger partial charge in [0.2, 0.25) is 0 Å². The summed E-state index contributed by atoms with van der Waals surface area (Å²) < 4.78 is 0. The molecule has 6 rings (SSSR count). The van der Waals surface area contributed by atoms with Crippen LogP contribution in [0.1, 0.15) is 22.6 Å². The minimum atomic E-state index is 0.339. The molecule has 0 radical (unpaired) electrons. The minimum absolute atomic E-state index is 0.339. The molecule has 5 heteroatoms. The van der Waals surface area contributed by atoms with Crippen LogP contribution in [0.3, 0.4) is 0 Å². The maximum atomic E-state index is 4.48. The number of rotatable bonds is 2. The van der Waals surface area contributed by atoms with Gasteiger partial charge in [-0.25, -0.2) is 0 Å². The van der Waals surface area contributed by atoms with Crippen molar-refractivity contribution in [2.24, 2.45) is 0 Å². The van der Waals surface area contributed by atoms with E-state index in [4.69, 9.17) is 0 Å². The van der Waals surface area contributed by atoms with Gasteiger partial charge >= 0.3 is 0 Å². The fourth-order valence-electron chi connectivity index (χ4n) is 4.70. The van der Waals surface area contributed by atoms with Crippen molar-refractivity contribution in [3.63, 3.8) is 0 Å². The lowest BCUT2D eigenvalue weighted by Gasteiger charge is -2.33. The lowest BCUT2D eigenvalue weighted by Crippen LogP contribution is -2.31. The molecule has 1 atom stereocenters. The molecule has 2 aromatic heterocycles. The van der Waals surface area contributed by atoms with E-state index in [0.717, 1.165) is 46.0 Å². The summed E-state index contributed by atoms with van der Waals surface area (Å²) in [5.74, 6) is 0.339. The Kier molecular flexibility index (Phi) is 3.89. The fourth-order valence-corrected chi connectivity index (χ4v) is 4.70. The van der Waals surface area contributed by atoms with E-state index in [1.54, 1.807) is 0 Å². The first-order valence-corrected chi connectivity index (χ1v) is 10.2. The zero-order valence-electron chi connectivity index (χ0n) is 16.7. The fraction of sp³-hybridized carbons (Fsp3) is 0.160. The highest BCUT2D eigenvalue weighted by molar-refractivity contribution is 5.93. The number of hydrogen-bond acceptors (Lipinski definition) is 4. The van der Waals surface area contributed by atoms with Crippen LogP contribution in [0.2, 0.25) is 0 Å². The second kappa shape index (κ2) is 6.75. The monoisotopic (exact) mass is 391 g/mol. The first-order valence-electron chi connectivity index (χ1n) is 10.2. The molecule has 0 saturated heterocycles. The lowest BCUT2D eigenvalue weighted by atomic mass is 9.83. The van der Waals surface area contributed by atoms with Crippen molar-refractivity contribution in [2.45, 2.75) is 12.5 Å². The number of H-pyrrole nitrogens is 1. The molecule has 1 aliphatic rings. The van der Waals surface area contributed by atoms with Gasteiger partial charge in [0, 0.05) is 40.7 Å². The van der Waals surface area contributed by atoms with Gasteiger partial charge in [0.05, 0.1) is 17.9 Å². The van der Waals surface area contributed by atoms with E-state index in [1.807, 2.05) is 18.5 Å². The summed E-state index contributed by atoms with van der Waals surface area (Å²) in [7, 11) is 2.19. The Morgan fingerprint density at radius 3 is 2.87 bits per heavy atom. The summed E-state index contributed by atoms with van der Waals surface area (Å²) in [6.07, 6.45) is 3.72. The second-order valence-electron chi connectivity index (χ2n) is 8.16. The van der Waals surface area contributed by atoms with Crippen LogP contribution in [-0.4, -0.2) is 38.9 Å². The van der Waals surface area contributed by atoms with Crippen LogP contribution < -0.4 is 0 Å². The molecular formula is C25H21N5. The molecule has 1 aliphatic heterocycles. The highest BCUT2D eigenvalue weighted by Crippen LogP contribution is 2.36. The number of nitrogens with zero attached hydrogens (tertiary/aromatic N) is 4. The Morgan fingerprint density at radius 1 is 0.967 bits per heavy atom. The second-order valence-corrected chi connectivity index (χ2v) is 8.16. The summed E-state index contributed by atoms with van der Waals surface area (Å²) >= 11 is 0. The minimum Gasteiger partial charge on any atom is -0.301 e. The average molecular weight is 391 g/mol. The number of aromatic nitrogens is 4. The van der Waals surface area contributed by atoms with Crippen molar-refractivity contribution in [1.82, 2.24) is 25.3 Å². The van der Waals surface area contributed by atoms with Crippen LogP contribution >= 0.6 is 0 Å². The van der Waals surface area contributed by atoms with Crippen LogP contribution in [0.5, 0.6) is 0 Å². The average Bonchev–Trinajstić information content (AvgIpc) is 3.25. The van der Waals surface area contributed by atoms with Crippen LogP contribution in [0.4, 0.5) is 0 Å². The summed E-state index contributed by atoms with van der Waals surface area (Å²) in [4.78, 5) is 2.39. The van der Waals surface area contributed by atoms with Gasteiger partial charge in [0.1, 0.15) is 5.69 Å². The molecule has 1 N–H and O–H groups in total. The molecule has 5 aromatic rings. The molecule has 0 amide bonds. The summed E-state index contributed by atoms with van der Waals surface area (Å²) in [6, 6.07) is 21.7. The van der Waals surface area contributed by atoms with Gasteiger partial charge in [-0.05, 0) is 41.9 Å². The quantitative estimate of drug-likeness (QED) is 0.472. The number of likely N-dealkylation sites (N-methyl/N-ethyl adjacent to an activating group) is 1. The first kappa shape index (κ1) is 17.3. The van der Waals surface area contributed by atoms with Gasteiger partial charge in [-0.3, -0.25) is 5.10 Å². The molecule has 0 saturated carbocycles. The maximum absolute atomic E-state index is 4.48. The van der Waals surface area contributed by atoms with E-state index in [2.05, 4.69) is 86.9 Å². The molecule has 5 nitrogen and oxygen atoms in total. The molecule has 0 aliphatic carbocycles. The molecule has 0 fully saturated rings. The molecule has 3 aromatic carbocycles. The van der Waals surface area contributed by atoms with Gasteiger partial charge in [0.25, 0.3) is 0 Å². The van der Waals surface area contributed by atoms with Crippen LogP contribution in [0.15, 0.2) is 73.1 Å². The molecule has 0 spiro atoms. The predicted molar refractivity (Wildman–Crippen MR) is 119 cm³/mol. The predicted octanol–water partition coefficient (Wildman–Crippen LogP) is 4.75. The molecule has 146 valence electrons. The third-order valence-corrected chi connectivity index (χ3v) is 6.16. The Hall–Kier alpha value is -3.57. The molecular weight excluding hydrogens is 370 g/mol. The van der Waals surface area contributed by atoms with Crippen LogP contribution in [0.25, 0.3) is 32.9 Å². The largest absolute Gasteiger partial charge is 0.301 e. The number of hydrogen-bond donors (Lipinski definition) is 1. The number of aromatic amines is 1. The lowest BCUT2D eigenvalue weighted by molar-refractivity contribution is 0.295. The third-order valence-electron chi connectivity index (χ3n) is 6.16. The molecule has 1 unspecified atom stereocenters. The van der Waals surface area contributed by atoms with Gasteiger partial charge < -0.3 is 4.90 Å². The van der Waals surface area contributed by atoms with E-state index < -0.39 is 0 Å². The van der Waals surface area contributed by atoms with Crippen molar-refractivity contribution in [2.75, 3.05) is 13.6 Å². The SMILES string of the molecule is CN1Cc2cc(-c3nncc4ccccc34)ccc2C(c2ccc3[nH]ncc3c2)C1. The third kappa shape index (κ3) is 2.78. The Balaban J connectivity index is 1.47. The summed E-state index contributed by atoms with van der Waals surface area (Å²) in [6.45, 7) is 1.94. The topological polar surface area (TPSA) is 57.7 Å². The van der Waals surface area contributed by atoms with E-state index in [0.29, 0.717) is 5.92 Å². The van der Waals surface area contributed by atoms with Crippen molar-refractivity contribution < 1.29 is 0 Å². The van der Waals surface area contributed by atoms with Gasteiger partial charge in [-0.2, -0.15) is 10.2 Å². The van der Waals surface area contributed by atoms with Gasteiger partial charge in [0.15, 0.2) is 0 Å². The normalized spacial score (nSPS) is 16.8. The highest BCUT2D eigenvalue weighted by Gasteiger charge is 2.25. The van der Waals surface area contributed by atoms with Crippen molar-refractivity contribution >= 4 is 21.7 Å². The highest BCUT2D eigenvalue weighted by atomic mass is 15.1. The molecule has 3 heterocycles. The summed E-state index contributed by atoms with van der Waals surface area (Å²) in [5.41, 5.74) is 7.22. The van der Waals surface area contributed by atoms with E-state index in [-0.39, 0.29) is 0 Å². The zero-order chi connectivity index (χ0) is 20.1. The van der Waals surface area contributed by atoms with Crippen molar-refractivity contribution in [1.29, 1.82) is 0 Å². The van der Waals surface area contributed by atoms with Crippen molar-refractivity contribution in [3.8, 4) is 11.3 Å². The maximum Gasteiger partial charge on any atom is 0.101 e. The number of nitrogens with one attached hydrogen (secondary N) is 1.